The minimum absolute atomic E-state index is 0.187. The van der Waals surface area contributed by atoms with E-state index in [1.165, 1.54) is 0 Å². The van der Waals surface area contributed by atoms with Crippen LogP contribution in [0.1, 0.15) is 66.2 Å². The maximum atomic E-state index is 11.9. The lowest BCUT2D eigenvalue weighted by Crippen LogP contribution is -2.49. The second kappa shape index (κ2) is 23.3. The summed E-state index contributed by atoms with van der Waals surface area (Å²) in [6.45, 7) is 9.32. The van der Waals surface area contributed by atoms with Crippen molar-refractivity contribution in [1.82, 2.24) is 42.5 Å². The third-order valence-corrected chi connectivity index (χ3v) is 6.87. The molecule has 0 saturated carbocycles. The van der Waals surface area contributed by atoms with Crippen molar-refractivity contribution < 1.29 is 46.3 Å². The molecule has 0 spiro atoms. The molecule has 272 valence electrons. The molecule has 0 radical (unpaired) electrons. The Kier molecular flexibility index (Phi) is 21.8. The van der Waals surface area contributed by atoms with E-state index in [0.29, 0.717) is 24.7 Å². The summed E-state index contributed by atoms with van der Waals surface area (Å²) >= 11 is 0. The van der Waals surface area contributed by atoms with E-state index in [0.717, 1.165) is 38.8 Å². The maximum absolute atomic E-state index is 11.9. The van der Waals surface area contributed by atoms with E-state index in [2.05, 4.69) is 42.5 Å². The van der Waals surface area contributed by atoms with Gasteiger partial charge in [0.25, 0.3) is 0 Å². The highest BCUT2D eigenvalue weighted by atomic mass is 32.3. The number of nitrogens with one attached hydrogen (secondary N) is 8. The SMILES string of the molecule is CN[C@H](CC(C)C)C(=O)NCC(=O)NC(=O)[C@@H]1CCCN1.CN[C@H](CC(C)C)C(=O)NCC(=O)NC(=O)[C@@H]1CCCN1.O=S(=O)(O)O. The number of carbonyl (C=O) groups is 6. The number of rotatable bonds is 14. The quantitative estimate of drug-likeness (QED) is 0.0851. The number of likely N-dealkylation sites (N-methyl/N-ethyl adjacent to an activating group) is 2. The van der Waals surface area contributed by atoms with Gasteiger partial charge >= 0.3 is 10.4 Å². The van der Waals surface area contributed by atoms with Crippen LogP contribution in [0.4, 0.5) is 0 Å². The van der Waals surface area contributed by atoms with Crippen molar-refractivity contribution in [3.05, 3.63) is 0 Å². The second-order valence-corrected chi connectivity index (χ2v) is 12.8. The van der Waals surface area contributed by atoms with Gasteiger partial charge in [0, 0.05) is 0 Å². The minimum Gasteiger partial charge on any atom is -0.346 e. The Balaban J connectivity index is 0.000000787. The summed E-state index contributed by atoms with van der Waals surface area (Å²) < 4.78 is 31.6. The fourth-order valence-electron chi connectivity index (χ4n) is 4.59. The molecule has 4 atom stereocenters. The third kappa shape index (κ3) is 22.2. The lowest BCUT2D eigenvalue weighted by molar-refractivity contribution is -0.133. The lowest BCUT2D eigenvalue weighted by Gasteiger charge is -2.17. The summed E-state index contributed by atoms with van der Waals surface area (Å²) in [7, 11) is -1.25. The Labute approximate surface area is 277 Å². The highest BCUT2D eigenvalue weighted by molar-refractivity contribution is 7.79. The fraction of sp³-hybridized carbons (Fsp3) is 0.786. The maximum Gasteiger partial charge on any atom is 0.394 e. The predicted octanol–water partition coefficient (Wildman–Crippen LogP) is -2.39. The predicted molar refractivity (Wildman–Crippen MR) is 173 cm³/mol. The number of amides is 6. The normalized spacial score (nSPS) is 18.5. The summed E-state index contributed by atoms with van der Waals surface area (Å²) in [5.41, 5.74) is 0. The molecule has 47 heavy (non-hydrogen) atoms. The molecule has 2 fully saturated rings. The topological polar surface area (TPSA) is 273 Å². The molecule has 6 amide bonds. The molecule has 2 saturated heterocycles. The van der Waals surface area contributed by atoms with Crippen molar-refractivity contribution >= 4 is 45.8 Å². The first-order valence-electron chi connectivity index (χ1n) is 15.6. The van der Waals surface area contributed by atoms with Crippen molar-refractivity contribution in [2.24, 2.45) is 11.8 Å². The zero-order valence-corrected chi connectivity index (χ0v) is 28.9. The van der Waals surface area contributed by atoms with Crippen molar-refractivity contribution in [2.75, 3.05) is 40.3 Å². The van der Waals surface area contributed by atoms with E-state index in [-0.39, 0.29) is 60.9 Å². The van der Waals surface area contributed by atoms with Crippen LogP contribution >= 0.6 is 0 Å². The van der Waals surface area contributed by atoms with Crippen LogP contribution in [0.5, 0.6) is 0 Å². The summed E-state index contributed by atoms with van der Waals surface area (Å²) in [6, 6.07) is -1.25. The average Bonchev–Trinajstić information content (AvgIpc) is 3.71. The van der Waals surface area contributed by atoms with Crippen LogP contribution in [0.2, 0.25) is 0 Å². The monoisotopic (exact) mass is 694 g/mol. The van der Waals surface area contributed by atoms with Gasteiger partial charge in [0.05, 0.1) is 37.3 Å². The molecule has 2 rings (SSSR count). The molecule has 2 aliphatic rings. The molecule has 18 nitrogen and oxygen atoms in total. The summed E-state index contributed by atoms with van der Waals surface area (Å²) in [6.07, 6.45) is 4.72. The van der Waals surface area contributed by atoms with Crippen LogP contribution in [-0.2, 0) is 39.2 Å². The molecule has 2 heterocycles. The number of imide groups is 2. The molecule has 0 bridgehead atoms. The molecule has 10 N–H and O–H groups in total. The Morgan fingerprint density at radius 2 is 1.00 bits per heavy atom. The van der Waals surface area contributed by atoms with Crippen LogP contribution in [0.3, 0.4) is 0 Å². The van der Waals surface area contributed by atoms with Crippen molar-refractivity contribution in [1.29, 1.82) is 0 Å². The smallest absolute Gasteiger partial charge is 0.346 e. The van der Waals surface area contributed by atoms with Gasteiger partial charge in [-0.1, -0.05) is 27.7 Å². The lowest BCUT2D eigenvalue weighted by atomic mass is 10.0. The van der Waals surface area contributed by atoms with E-state index in [1.54, 1.807) is 14.1 Å². The first kappa shape index (κ1) is 43.9. The average molecular weight is 695 g/mol. The van der Waals surface area contributed by atoms with Crippen molar-refractivity contribution in [3.63, 3.8) is 0 Å². The standard InChI is InChI=1S/2C14H26N4O3.H2O4S/c2*1-9(2)7-11(15-3)13(20)17-8-12(19)18-14(21)10-5-4-6-16-10;1-5(2,3)4/h2*9-11,15-16H,4-8H2,1-3H3,(H,17,20)(H,18,19,21);(H2,1,2,3,4)/t2*10-,11+;/m00./s1. The molecule has 0 aromatic heterocycles. The second-order valence-electron chi connectivity index (χ2n) is 11.9. The van der Waals surface area contributed by atoms with Crippen LogP contribution in [-0.4, -0.2) is 117 Å². The van der Waals surface area contributed by atoms with E-state index in [4.69, 9.17) is 17.5 Å². The largest absolute Gasteiger partial charge is 0.394 e. The first-order chi connectivity index (χ1) is 21.9. The van der Waals surface area contributed by atoms with E-state index < -0.39 is 22.2 Å². The van der Waals surface area contributed by atoms with Gasteiger partial charge < -0.3 is 31.9 Å². The van der Waals surface area contributed by atoms with Gasteiger partial charge in [-0.25, -0.2) is 0 Å². The van der Waals surface area contributed by atoms with Crippen molar-refractivity contribution in [2.45, 2.75) is 90.4 Å². The van der Waals surface area contributed by atoms with Crippen LogP contribution < -0.4 is 42.5 Å². The Bertz CT molecular complexity index is 1040. The van der Waals surface area contributed by atoms with E-state index in [1.807, 2.05) is 27.7 Å². The summed E-state index contributed by atoms with van der Waals surface area (Å²) in [5.74, 6) is -1.32. The molecule has 19 heteroatoms. The van der Waals surface area contributed by atoms with Gasteiger partial charge in [0.1, 0.15) is 0 Å². The molecule has 0 aromatic carbocycles. The summed E-state index contributed by atoms with van der Waals surface area (Å²) in [5, 5.41) is 21.6. The van der Waals surface area contributed by atoms with Gasteiger partial charge in [0.15, 0.2) is 0 Å². The Hall–Kier alpha value is -3.07. The van der Waals surface area contributed by atoms with Crippen LogP contribution in [0.25, 0.3) is 0 Å². The number of hydrogen-bond acceptors (Lipinski definition) is 12. The van der Waals surface area contributed by atoms with Gasteiger partial charge in [-0.2, -0.15) is 8.42 Å². The van der Waals surface area contributed by atoms with Gasteiger partial charge in [-0.05, 0) is 77.5 Å². The molecule has 2 aliphatic heterocycles. The van der Waals surface area contributed by atoms with Gasteiger partial charge in [-0.3, -0.25) is 48.5 Å². The van der Waals surface area contributed by atoms with Crippen LogP contribution in [0, 0.1) is 11.8 Å². The zero-order chi connectivity index (χ0) is 36.2. The fourth-order valence-corrected chi connectivity index (χ4v) is 4.59. The minimum atomic E-state index is -4.67. The first-order valence-corrected chi connectivity index (χ1v) is 17.0. The number of hydrogen-bond donors (Lipinski definition) is 10. The van der Waals surface area contributed by atoms with E-state index >= 15 is 0 Å². The molecular formula is C28H54N8O10S. The third-order valence-electron chi connectivity index (χ3n) is 6.87. The molecule has 0 aromatic rings. The summed E-state index contributed by atoms with van der Waals surface area (Å²) in [4.78, 5) is 70.5. The highest BCUT2D eigenvalue weighted by Crippen LogP contribution is 2.06. The van der Waals surface area contributed by atoms with E-state index in [9.17, 15) is 28.8 Å². The van der Waals surface area contributed by atoms with Gasteiger partial charge in [-0.15, -0.1) is 0 Å². The molecular weight excluding hydrogens is 640 g/mol. The molecule has 0 aliphatic carbocycles. The number of carbonyl (C=O) groups excluding carboxylic acids is 6. The zero-order valence-electron chi connectivity index (χ0n) is 28.1. The highest BCUT2D eigenvalue weighted by Gasteiger charge is 2.25. The Morgan fingerprint density at radius 1 is 0.681 bits per heavy atom. The van der Waals surface area contributed by atoms with Crippen LogP contribution in [0.15, 0.2) is 0 Å². The van der Waals surface area contributed by atoms with Gasteiger partial charge in [0.2, 0.25) is 35.4 Å². The van der Waals surface area contributed by atoms with Crippen molar-refractivity contribution in [3.8, 4) is 0 Å². The molecule has 0 unspecified atom stereocenters. The Morgan fingerprint density at radius 3 is 1.23 bits per heavy atom.